The Morgan fingerprint density at radius 2 is 2.31 bits per heavy atom. The van der Waals surface area contributed by atoms with Gasteiger partial charge in [0.2, 0.25) is 5.91 Å². The summed E-state index contributed by atoms with van der Waals surface area (Å²) in [6.45, 7) is 0.0673. The number of nitrogens with zero attached hydrogens (tertiary/aromatic N) is 3. The van der Waals surface area contributed by atoms with Gasteiger partial charge in [-0.1, -0.05) is 11.8 Å². The Bertz CT molecular complexity index is 243. The van der Waals surface area contributed by atoms with Crippen LogP contribution in [0.5, 0.6) is 0 Å². The molecule has 1 amide bonds. The van der Waals surface area contributed by atoms with Crippen molar-refractivity contribution < 1.29 is 4.79 Å². The van der Waals surface area contributed by atoms with E-state index in [0.29, 0.717) is 5.17 Å². The lowest BCUT2D eigenvalue weighted by atomic mass is 10.6. The molecule has 0 heterocycles. The highest BCUT2D eigenvalue weighted by atomic mass is 32.2. The van der Waals surface area contributed by atoms with Crippen LogP contribution in [-0.2, 0) is 4.79 Å². The van der Waals surface area contributed by atoms with Crippen molar-refractivity contribution in [3.8, 4) is 6.19 Å². The van der Waals surface area contributed by atoms with Gasteiger partial charge >= 0.3 is 0 Å². The predicted octanol–water partition coefficient (Wildman–Crippen LogP) is -0.136. The van der Waals surface area contributed by atoms with E-state index in [1.54, 1.807) is 26.5 Å². The summed E-state index contributed by atoms with van der Waals surface area (Å²) >= 11 is 1.29. The molecule has 0 aromatic heterocycles. The molecular formula is C7H12N4OS. The maximum atomic E-state index is 11.1. The summed E-state index contributed by atoms with van der Waals surface area (Å²) in [5, 5.41) is 11.1. The molecule has 0 fully saturated rings. The minimum absolute atomic E-state index is 0.0673. The Kier molecular flexibility index (Phi) is 5.72. The van der Waals surface area contributed by atoms with E-state index in [1.807, 2.05) is 0 Å². The van der Waals surface area contributed by atoms with Crippen LogP contribution < -0.4 is 5.32 Å². The molecule has 0 aromatic carbocycles. The van der Waals surface area contributed by atoms with Crippen LogP contribution in [0.2, 0.25) is 0 Å². The van der Waals surface area contributed by atoms with Crippen LogP contribution in [0, 0.1) is 11.5 Å². The fourth-order valence-electron chi connectivity index (χ4n) is 0.484. The second-order valence-electron chi connectivity index (χ2n) is 2.35. The van der Waals surface area contributed by atoms with Crippen molar-refractivity contribution in [3.05, 3.63) is 0 Å². The molecule has 0 rings (SSSR count). The summed E-state index contributed by atoms with van der Waals surface area (Å²) in [5.74, 6) is -0.0914. The Balaban J connectivity index is 4.08. The molecule has 0 spiro atoms. The molecule has 13 heavy (non-hydrogen) atoms. The lowest BCUT2D eigenvalue weighted by Crippen LogP contribution is -2.25. The minimum Gasteiger partial charge on any atom is -0.347 e. The van der Waals surface area contributed by atoms with Crippen molar-refractivity contribution in [2.45, 2.75) is 0 Å². The highest BCUT2D eigenvalue weighted by molar-refractivity contribution is 8.13. The number of amidine groups is 1. The van der Waals surface area contributed by atoms with Crippen molar-refractivity contribution in [1.82, 2.24) is 10.2 Å². The van der Waals surface area contributed by atoms with E-state index in [-0.39, 0.29) is 12.5 Å². The first-order valence-electron chi connectivity index (χ1n) is 3.55. The Hall–Kier alpha value is -1.22. The number of amides is 1. The third-order valence-corrected chi connectivity index (χ3v) is 1.83. The second kappa shape index (κ2) is 6.31. The Labute approximate surface area is 81.8 Å². The molecule has 0 unspecified atom stereocenters. The quantitative estimate of drug-likeness (QED) is 0.292. The third-order valence-electron chi connectivity index (χ3n) is 1.21. The molecule has 0 aliphatic heterocycles. The smallest absolute Gasteiger partial charge is 0.243 e. The van der Waals surface area contributed by atoms with Gasteiger partial charge in [-0.05, 0) is 6.26 Å². The lowest BCUT2D eigenvalue weighted by Gasteiger charge is -2.07. The summed E-state index contributed by atoms with van der Waals surface area (Å²) in [4.78, 5) is 16.4. The molecule has 0 aromatic rings. The van der Waals surface area contributed by atoms with E-state index in [4.69, 9.17) is 5.26 Å². The second-order valence-corrected chi connectivity index (χ2v) is 3.15. The van der Waals surface area contributed by atoms with Gasteiger partial charge in [0.05, 0.1) is 0 Å². The van der Waals surface area contributed by atoms with Gasteiger partial charge in [-0.2, -0.15) is 5.26 Å². The molecule has 0 saturated heterocycles. The number of nitriles is 1. The van der Waals surface area contributed by atoms with Crippen LogP contribution in [0.3, 0.4) is 0 Å². The number of carbonyl (C=O) groups is 1. The van der Waals surface area contributed by atoms with Crippen LogP contribution in [0.25, 0.3) is 0 Å². The van der Waals surface area contributed by atoms with Crippen molar-refractivity contribution in [2.24, 2.45) is 4.99 Å². The molecular weight excluding hydrogens is 188 g/mol. The van der Waals surface area contributed by atoms with Crippen LogP contribution in [0.4, 0.5) is 0 Å². The van der Waals surface area contributed by atoms with E-state index in [1.165, 1.54) is 16.7 Å². The van der Waals surface area contributed by atoms with Crippen LogP contribution in [-0.4, -0.2) is 42.9 Å². The number of thioether (sulfide) groups is 1. The predicted molar refractivity (Wildman–Crippen MR) is 53.3 cm³/mol. The van der Waals surface area contributed by atoms with Gasteiger partial charge in [0.1, 0.15) is 6.54 Å². The van der Waals surface area contributed by atoms with Crippen molar-refractivity contribution in [2.75, 3.05) is 26.9 Å². The maximum absolute atomic E-state index is 11.1. The highest BCUT2D eigenvalue weighted by Gasteiger charge is 2.02. The van der Waals surface area contributed by atoms with E-state index in [0.717, 1.165) is 0 Å². The first-order chi connectivity index (χ1) is 6.11. The number of hydrogen-bond acceptors (Lipinski definition) is 4. The summed E-state index contributed by atoms with van der Waals surface area (Å²) in [5.41, 5.74) is 0. The van der Waals surface area contributed by atoms with Crippen molar-refractivity contribution in [1.29, 1.82) is 5.26 Å². The number of likely N-dealkylation sites (N-methyl/N-ethyl adjacent to an activating group) is 1. The highest BCUT2D eigenvalue weighted by Crippen LogP contribution is 1.94. The van der Waals surface area contributed by atoms with Gasteiger partial charge in [-0.15, -0.1) is 0 Å². The largest absolute Gasteiger partial charge is 0.347 e. The Morgan fingerprint density at radius 3 is 2.69 bits per heavy atom. The van der Waals surface area contributed by atoms with Gasteiger partial charge in [0, 0.05) is 14.1 Å². The molecule has 5 nitrogen and oxygen atoms in total. The average molecular weight is 200 g/mol. The number of nitrogens with one attached hydrogen (secondary N) is 1. The van der Waals surface area contributed by atoms with Gasteiger partial charge in [-0.3, -0.25) is 15.1 Å². The average Bonchev–Trinajstić information content (AvgIpc) is 2.11. The first-order valence-corrected chi connectivity index (χ1v) is 4.78. The zero-order chi connectivity index (χ0) is 10.3. The standard InChI is InChI=1S/C7H12N4OS/c1-11(2)6(12)4-9-7(13-3)10-5-8/h4H2,1-3H3,(H,9,10). The maximum Gasteiger partial charge on any atom is 0.243 e. The fourth-order valence-corrected chi connectivity index (χ4v) is 0.825. The SMILES string of the molecule is CSC(=NCC(=O)N(C)C)NC#N. The first kappa shape index (κ1) is 11.8. The monoisotopic (exact) mass is 200 g/mol. The number of carbonyl (C=O) groups excluding carboxylic acids is 1. The van der Waals surface area contributed by atoms with Gasteiger partial charge in [0.25, 0.3) is 0 Å². The molecule has 6 heteroatoms. The molecule has 72 valence electrons. The summed E-state index contributed by atoms with van der Waals surface area (Å²) in [7, 11) is 3.32. The summed E-state index contributed by atoms with van der Waals surface area (Å²) in [6, 6.07) is 0. The van der Waals surface area contributed by atoms with Crippen LogP contribution in [0.15, 0.2) is 4.99 Å². The fraction of sp³-hybridized carbons (Fsp3) is 0.571. The molecule has 0 aliphatic carbocycles. The van der Waals surface area contributed by atoms with Gasteiger partial charge in [0.15, 0.2) is 11.4 Å². The van der Waals surface area contributed by atoms with Crippen molar-refractivity contribution >= 4 is 22.8 Å². The zero-order valence-electron chi connectivity index (χ0n) is 7.87. The summed E-state index contributed by atoms with van der Waals surface area (Å²) in [6.07, 6.45) is 3.53. The molecule has 0 aliphatic rings. The van der Waals surface area contributed by atoms with Crippen molar-refractivity contribution in [3.63, 3.8) is 0 Å². The molecule has 0 radical (unpaired) electrons. The lowest BCUT2D eigenvalue weighted by molar-refractivity contribution is -0.127. The molecule has 0 saturated carbocycles. The van der Waals surface area contributed by atoms with E-state index in [2.05, 4.69) is 10.3 Å². The number of aliphatic imine (C=N–C) groups is 1. The van der Waals surface area contributed by atoms with E-state index in [9.17, 15) is 4.79 Å². The Morgan fingerprint density at radius 1 is 1.69 bits per heavy atom. The molecule has 1 N–H and O–H groups in total. The van der Waals surface area contributed by atoms with E-state index >= 15 is 0 Å². The van der Waals surface area contributed by atoms with E-state index < -0.39 is 0 Å². The van der Waals surface area contributed by atoms with Gasteiger partial charge < -0.3 is 4.90 Å². The van der Waals surface area contributed by atoms with Gasteiger partial charge in [-0.25, -0.2) is 0 Å². The number of rotatable bonds is 2. The number of hydrogen-bond donors (Lipinski definition) is 1. The minimum atomic E-state index is -0.0914. The molecule has 0 atom stereocenters. The zero-order valence-corrected chi connectivity index (χ0v) is 8.68. The van der Waals surface area contributed by atoms with Crippen LogP contribution in [0.1, 0.15) is 0 Å². The van der Waals surface area contributed by atoms with Crippen LogP contribution >= 0.6 is 11.8 Å². The summed E-state index contributed by atoms with van der Waals surface area (Å²) < 4.78 is 0. The topological polar surface area (TPSA) is 68.5 Å². The normalized spacial score (nSPS) is 10.5. The molecule has 0 bridgehead atoms. The third kappa shape index (κ3) is 5.09.